The lowest BCUT2D eigenvalue weighted by molar-refractivity contribution is -0.140. The molecule has 2 atom stereocenters. The zero-order valence-electron chi connectivity index (χ0n) is 18.9. The smallest absolute Gasteiger partial charge is 0.320 e. The summed E-state index contributed by atoms with van der Waals surface area (Å²) in [5.74, 6) is 0.180. The van der Waals surface area contributed by atoms with Crippen LogP contribution in [0.15, 0.2) is 48.5 Å². The maximum atomic E-state index is 11.5. The number of carbonyl (C=O) groups is 1. The molecule has 2 saturated heterocycles. The van der Waals surface area contributed by atoms with Crippen molar-refractivity contribution >= 4 is 17.3 Å². The minimum atomic E-state index is -0.673. The normalized spacial score (nSPS) is 24.1. The Hall–Kier alpha value is -2.37. The third-order valence-electron chi connectivity index (χ3n) is 7.86. The summed E-state index contributed by atoms with van der Waals surface area (Å²) < 4.78 is 0. The third-order valence-corrected chi connectivity index (χ3v) is 7.86. The van der Waals surface area contributed by atoms with Crippen molar-refractivity contribution in [2.75, 3.05) is 37.6 Å². The summed E-state index contributed by atoms with van der Waals surface area (Å²) in [5, 5.41) is 12.7. The molecule has 0 radical (unpaired) electrons. The monoisotopic (exact) mass is 433 g/mol. The number of hydrogen-bond acceptors (Lipinski definition) is 4. The summed E-state index contributed by atoms with van der Waals surface area (Å²) in [7, 11) is 0. The van der Waals surface area contributed by atoms with Gasteiger partial charge in [-0.3, -0.25) is 4.79 Å². The summed E-state index contributed by atoms with van der Waals surface area (Å²) in [5.41, 5.74) is 5.62. The Morgan fingerprint density at radius 2 is 1.53 bits per heavy atom. The van der Waals surface area contributed by atoms with Crippen LogP contribution in [0.5, 0.6) is 0 Å². The van der Waals surface area contributed by atoms with E-state index in [1.807, 2.05) is 0 Å². The SMILES string of the molecule is O=C(O)C1NCCC1C1CCN(CCCN2c3ccccc3CCc3ccccc32)CC1. The number of aliphatic carboxylic acids is 1. The van der Waals surface area contributed by atoms with Gasteiger partial charge in [0.25, 0.3) is 0 Å². The van der Waals surface area contributed by atoms with Crippen LogP contribution in [-0.2, 0) is 17.6 Å². The van der Waals surface area contributed by atoms with E-state index in [1.165, 1.54) is 22.5 Å². The molecule has 0 aliphatic carbocycles. The van der Waals surface area contributed by atoms with Gasteiger partial charge in [-0.25, -0.2) is 0 Å². The van der Waals surface area contributed by atoms with Gasteiger partial charge in [0, 0.05) is 17.9 Å². The molecule has 3 aliphatic heterocycles. The third kappa shape index (κ3) is 4.41. The molecule has 0 saturated carbocycles. The number of nitrogens with zero attached hydrogens (tertiary/aromatic N) is 2. The van der Waals surface area contributed by atoms with Crippen LogP contribution in [0.4, 0.5) is 11.4 Å². The van der Waals surface area contributed by atoms with E-state index in [2.05, 4.69) is 63.6 Å². The van der Waals surface area contributed by atoms with Gasteiger partial charge in [0.15, 0.2) is 0 Å². The molecule has 2 fully saturated rings. The van der Waals surface area contributed by atoms with E-state index in [4.69, 9.17) is 0 Å². The van der Waals surface area contributed by atoms with Crippen molar-refractivity contribution in [3.8, 4) is 0 Å². The minimum absolute atomic E-state index is 0.305. The van der Waals surface area contributed by atoms with Crippen molar-refractivity contribution in [2.24, 2.45) is 11.8 Å². The van der Waals surface area contributed by atoms with E-state index in [-0.39, 0.29) is 6.04 Å². The largest absolute Gasteiger partial charge is 0.480 e. The fraction of sp³-hybridized carbons (Fsp3) is 0.519. The molecular weight excluding hydrogens is 398 g/mol. The molecule has 5 heteroatoms. The van der Waals surface area contributed by atoms with E-state index in [0.29, 0.717) is 11.8 Å². The van der Waals surface area contributed by atoms with E-state index in [0.717, 1.165) is 71.2 Å². The van der Waals surface area contributed by atoms with E-state index < -0.39 is 5.97 Å². The number of anilines is 2. The first-order chi connectivity index (χ1) is 15.7. The molecule has 0 amide bonds. The van der Waals surface area contributed by atoms with E-state index >= 15 is 0 Å². The van der Waals surface area contributed by atoms with Crippen molar-refractivity contribution in [1.82, 2.24) is 10.2 Å². The number of para-hydroxylation sites is 2. The van der Waals surface area contributed by atoms with Crippen molar-refractivity contribution in [3.63, 3.8) is 0 Å². The Morgan fingerprint density at radius 1 is 0.906 bits per heavy atom. The minimum Gasteiger partial charge on any atom is -0.480 e. The topological polar surface area (TPSA) is 55.8 Å². The molecule has 0 bridgehead atoms. The predicted molar refractivity (Wildman–Crippen MR) is 129 cm³/mol. The molecule has 5 nitrogen and oxygen atoms in total. The summed E-state index contributed by atoms with van der Waals surface area (Å²) in [6, 6.07) is 17.4. The highest BCUT2D eigenvalue weighted by Crippen LogP contribution is 2.36. The number of aryl methyl sites for hydroxylation is 2. The molecule has 2 N–H and O–H groups in total. The Kier molecular flexibility index (Phi) is 6.47. The zero-order chi connectivity index (χ0) is 21.9. The van der Waals surface area contributed by atoms with Gasteiger partial charge in [-0.15, -0.1) is 0 Å². The van der Waals surface area contributed by atoms with Crippen molar-refractivity contribution < 1.29 is 9.90 Å². The first-order valence-electron chi connectivity index (χ1n) is 12.3. The fourth-order valence-corrected chi connectivity index (χ4v) is 6.17. The van der Waals surface area contributed by atoms with Crippen LogP contribution in [0.3, 0.4) is 0 Å². The van der Waals surface area contributed by atoms with Gasteiger partial charge < -0.3 is 20.2 Å². The molecule has 3 heterocycles. The Labute approximate surface area is 191 Å². The van der Waals surface area contributed by atoms with Crippen LogP contribution < -0.4 is 10.2 Å². The van der Waals surface area contributed by atoms with Crippen LogP contribution >= 0.6 is 0 Å². The van der Waals surface area contributed by atoms with Crippen molar-refractivity contribution in [3.05, 3.63) is 59.7 Å². The van der Waals surface area contributed by atoms with Gasteiger partial charge in [0.2, 0.25) is 0 Å². The number of rotatable bonds is 6. The maximum absolute atomic E-state index is 11.5. The number of fused-ring (bicyclic) bond motifs is 2. The Balaban J connectivity index is 1.18. The van der Waals surface area contributed by atoms with Gasteiger partial charge in [-0.05, 0) is 99.8 Å². The lowest BCUT2D eigenvalue weighted by Crippen LogP contribution is -2.43. The second-order valence-corrected chi connectivity index (χ2v) is 9.66. The molecular formula is C27H35N3O2. The molecule has 2 unspecified atom stereocenters. The standard InChI is InChI=1S/C27H35N3O2/c31-27(32)26-23(12-15-28-26)20-13-18-29(19-14-20)16-5-17-30-24-8-3-1-6-21(24)10-11-22-7-2-4-9-25(22)30/h1-4,6-9,20,23,26,28H,5,10-19H2,(H,31,32). The molecule has 2 aromatic rings. The fourth-order valence-electron chi connectivity index (χ4n) is 6.17. The highest BCUT2D eigenvalue weighted by atomic mass is 16.4. The molecule has 3 aliphatic rings. The van der Waals surface area contributed by atoms with Crippen LogP contribution in [-0.4, -0.2) is 54.7 Å². The highest BCUT2D eigenvalue weighted by Gasteiger charge is 2.38. The second kappa shape index (κ2) is 9.63. The molecule has 5 rings (SSSR count). The van der Waals surface area contributed by atoms with Gasteiger partial charge in [-0.2, -0.15) is 0 Å². The molecule has 0 spiro atoms. The highest BCUT2D eigenvalue weighted by molar-refractivity contribution is 5.74. The number of carboxylic acid groups (broad SMARTS) is 1. The van der Waals surface area contributed by atoms with Gasteiger partial charge in [-0.1, -0.05) is 36.4 Å². The maximum Gasteiger partial charge on any atom is 0.320 e. The van der Waals surface area contributed by atoms with Crippen LogP contribution in [0.1, 0.15) is 36.8 Å². The average molecular weight is 434 g/mol. The summed E-state index contributed by atoms with van der Waals surface area (Å²) >= 11 is 0. The molecule has 32 heavy (non-hydrogen) atoms. The summed E-state index contributed by atoms with van der Waals surface area (Å²) in [6.07, 6.45) is 6.61. The van der Waals surface area contributed by atoms with E-state index in [1.54, 1.807) is 0 Å². The first-order valence-corrected chi connectivity index (χ1v) is 12.3. The number of benzene rings is 2. The summed E-state index contributed by atoms with van der Waals surface area (Å²) in [4.78, 5) is 16.7. The lowest BCUT2D eigenvalue weighted by Gasteiger charge is -2.36. The first kappa shape index (κ1) is 21.5. The van der Waals surface area contributed by atoms with Gasteiger partial charge in [0.05, 0.1) is 0 Å². The second-order valence-electron chi connectivity index (χ2n) is 9.66. The summed E-state index contributed by atoms with van der Waals surface area (Å²) in [6.45, 7) is 5.18. The van der Waals surface area contributed by atoms with Crippen LogP contribution in [0, 0.1) is 11.8 Å². The number of nitrogens with one attached hydrogen (secondary N) is 1. The van der Waals surface area contributed by atoms with E-state index in [9.17, 15) is 9.90 Å². The van der Waals surface area contributed by atoms with Crippen LogP contribution in [0.25, 0.3) is 0 Å². The van der Waals surface area contributed by atoms with Crippen LogP contribution in [0.2, 0.25) is 0 Å². The number of hydrogen-bond donors (Lipinski definition) is 2. The molecule has 0 aromatic heterocycles. The number of carboxylic acids is 1. The van der Waals surface area contributed by atoms with Gasteiger partial charge >= 0.3 is 5.97 Å². The average Bonchev–Trinajstić information content (AvgIpc) is 3.26. The lowest BCUT2D eigenvalue weighted by atomic mass is 9.80. The molecule has 170 valence electrons. The predicted octanol–water partition coefficient (Wildman–Crippen LogP) is 4.09. The number of piperidine rings is 1. The Bertz CT molecular complexity index is 891. The quantitative estimate of drug-likeness (QED) is 0.719. The molecule has 2 aromatic carbocycles. The van der Waals surface area contributed by atoms with Crippen molar-refractivity contribution in [1.29, 1.82) is 0 Å². The van der Waals surface area contributed by atoms with Crippen molar-refractivity contribution in [2.45, 2.75) is 44.6 Å². The van der Waals surface area contributed by atoms with Gasteiger partial charge in [0.1, 0.15) is 6.04 Å². The Morgan fingerprint density at radius 3 is 2.16 bits per heavy atom. The number of likely N-dealkylation sites (tertiary alicyclic amines) is 1. The zero-order valence-corrected chi connectivity index (χ0v) is 18.9.